The second-order valence-electron chi connectivity index (χ2n) is 7.59. The van der Waals surface area contributed by atoms with Crippen LogP contribution in [-0.4, -0.2) is 84.3 Å². The van der Waals surface area contributed by atoms with Gasteiger partial charge in [0, 0.05) is 51.4 Å². The number of nitro groups is 1. The predicted octanol–water partition coefficient (Wildman–Crippen LogP) is 2.19. The number of nitrogens with zero attached hydrogens (tertiary/aromatic N) is 4. The summed E-state index contributed by atoms with van der Waals surface area (Å²) in [6, 6.07) is 5.80. The highest BCUT2D eigenvalue weighted by Gasteiger charge is 2.20. The van der Waals surface area contributed by atoms with E-state index >= 15 is 0 Å². The Balaban J connectivity index is 0.00000450. The number of aliphatic imine (C=N–C) groups is 1. The molecule has 1 aromatic rings. The Kier molecular flexibility index (Phi) is 12.0. The van der Waals surface area contributed by atoms with Gasteiger partial charge in [-0.15, -0.1) is 24.0 Å². The summed E-state index contributed by atoms with van der Waals surface area (Å²) in [7, 11) is 0. The Labute approximate surface area is 195 Å². The van der Waals surface area contributed by atoms with Gasteiger partial charge in [-0.2, -0.15) is 0 Å². The number of piperazine rings is 1. The molecule has 2 N–H and O–H groups in total. The van der Waals surface area contributed by atoms with Crippen molar-refractivity contribution in [2.45, 2.75) is 26.9 Å². The lowest BCUT2D eigenvalue weighted by Crippen LogP contribution is -2.53. The van der Waals surface area contributed by atoms with Gasteiger partial charge < -0.3 is 20.1 Å². The maximum Gasteiger partial charge on any atom is 0.269 e. The van der Waals surface area contributed by atoms with Gasteiger partial charge in [0.2, 0.25) is 0 Å². The van der Waals surface area contributed by atoms with Gasteiger partial charge in [-0.05, 0) is 25.0 Å². The Bertz CT molecular complexity index is 664. The average molecular weight is 535 g/mol. The zero-order valence-electron chi connectivity index (χ0n) is 18.0. The Morgan fingerprint density at radius 1 is 1.27 bits per heavy atom. The van der Waals surface area contributed by atoms with E-state index in [1.807, 2.05) is 6.92 Å². The monoisotopic (exact) mass is 535 g/mol. The Hall–Kier alpha value is -1.66. The lowest BCUT2D eigenvalue weighted by molar-refractivity contribution is -0.384. The molecule has 1 unspecified atom stereocenters. The quantitative estimate of drug-likeness (QED) is 0.164. The van der Waals surface area contributed by atoms with Crippen LogP contribution in [0.5, 0.6) is 5.75 Å². The first kappa shape index (κ1) is 26.4. The second kappa shape index (κ2) is 13.6. The molecule has 0 spiro atoms. The number of non-ortho nitro benzene ring substituents is 1. The zero-order valence-corrected chi connectivity index (χ0v) is 20.3. The molecule has 1 aliphatic rings. The van der Waals surface area contributed by atoms with Crippen LogP contribution in [0.3, 0.4) is 0 Å². The van der Waals surface area contributed by atoms with Crippen LogP contribution >= 0.6 is 24.0 Å². The molecule has 30 heavy (non-hydrogen) atoms. The van der Waals surface area contributed by atoms with Gasteiger partial charge in [0.25, 0.3) is 5.69 Å². The number of ether oxygens (including phenoxy) is 1. The van der Waals surface area contributed by atoms with Crippen LogP contribution < -0.4 is 10.1 Å². The summed E-state index contributed by atoms with van der Waals surface area (Å²) >= 11 is 0. The third kappa shape index (κ3) is 9.00. The number of aliphatic hydroxyl groups excluding tert-OH is 1. The first-order chi connectivity index (χ1) is 13.9. The molecular formula is C20H34IN5O4. The number of nitrogens with one attached hydrogen (secondary N) is 1. The van der Waals surface area contributed by atoms with Gasteiger partial charge in [0.15, 0.2) is 5.96 Å². The van der Waals surface area contributed by atoms with E-state index in [2.05, 4.69) is 34.0 Å². The fourth-order valence-corrected chi connectivity index (χ4v) is 3.19. The van der Waals surface area contributed by atoms with Crippen molar-refractivity contribution in [3.8, 4) is 5.75 Å². The van der Waals surface area contributed by atoms with E-state index in [-0.39, 0.29) is 42.8 Å². The molecule has 0 radical (unpaired) electrons. The Morgan fingerprint density at radius 3 is 2.43 bits per heavy atom. The topological polar surface area (TPSA) is 103 Å². The minimum absolute atomic E-state index is 0. The third-order valence-corrected chi connectivity index (χ3v) is 4.57. The molecule has 1 fully saturated rings. The van der Waals surface area contributed by atoms with E-state index in [1.165, 1.54) is 24.3 Å². The molecule has 1 atom stereocenters. The van der Waals surface area contributed by atoms with E-state index in [9.17, 15) is 15.2 Å². The fourth-order valence-electron chi connectivity index (χ4n) is 3.19. The molecule has 1 saturated heterocycles. The lowest BCUT2D eigenvalue weighted by Gasteiger charge is -2.37. The van der Waals surface area contributed by atoms with Crippen LogP contribution in [-0.2, 0) is 0 Å². The number of halogens is 1. The largest absolute Gasteiger partial charge is 0.491 e. The Morgan fingerprint density at radius 2 is 1.90 bits per heavy atom. The number of benzene rings is 1. The molecule has 0 saturated carbocycles. The third-order valence-electron chi connectivity index (χ3n) is 4.57. The van der Waals surface area contributed by atoms with Crippen molar-refractivity contribution in [1.82, 2.24) is 15.1 Å². The first-order valence-electron chi connectivity index (χ1n) is 10.2. The van der Waals surface area contributed by atoms with Gasteiger partial charge in [-0.3, -0.25) is 20.0 Å². The minimum atomic E-state index is -0.763. The maximum absolute atomic E-state index is 10.7. The molecule has 1 aliphatic heterocycles. The van der Waals surface area contributed by atoms with Gasteiger partial charge in [0.05, 0.1) is 11.5 Å². The molecule has 0 aliphatic carbocycles. The van der Waals surface area contributed by atoms with Gasteiger partial charge in [0.1, 0.15) is 18.5 Å². The summed E-state index contributed by atoms with van der Waals surface area (Å²) < 4.78 is 5.51. The van der Waals surface area contributed by atoms with Crippen molar-refractivity contribution >= 4 is 35.6 Å². The predicted molar refractivity (Wildman–Crippen MR) is 129 cm³/mol. The number of aliphatic hydroxyl groups is 1. The standard InChI is InChI=1S/C20H33N5O4.HI/c1-4-21-20(24-11-9-23(10-12-24)14-16(2)3)22-13-18(26)15-29-19-7-5-17(6-8-19)25(27)28;/h5-8,16,18,26H,4,9-15H2,1-3H3,(H,21,22);1H. The highest BCUT2D eigenvalue weighted by atomic mass is 127. The number of nitro benzene ring substituents is 1. The SMILES string of the molecule is CCNC(=NCC(O)COc1ccc([N+](=O)[O-])cc1)N1CCN(CC(C)C)CC1.I. The number of rotatable bonds is 9. The van der Waals surface area contributed by atoms with Crippen molar-refractivity contribution < 1.29 is 14.8 Å². The van der Waals surface area contributed by atoms with Crippen LogP contribution in [0.15, 0.2) is 29.3 Å². The number of guanidine groups is 1. The number of hydrogen-bond donors (Lipinski definition) is 2. The van der Waals surface area contributed by atoms with E-state index in [0.717, 1.165) is 45.2 Å². The van der Waals surface area contributed by atoms with E-state index in [0.29, 0.717) is 11.7 Å². The average Bonchev–Trinajstić information content (AvgIpc) is 2.70. The minimum Gasteiger partial charge on any atom is -0.491 e. The van der Waals surface area contributed by atoms with Gasteiger partial charge >= 0.3 is 0 Å². The molecule has 170 valence electrons. The smallest absolute Gasteiger partial charge is 0.269 e. The van der Waals surface area contributed by atoms with E-state index in [4.69, 9.17) is 4.74 Å². The molecule has 1 aromatic carbocycles. The van der Waals surface area contributed by atoms with Crippen molar-refractivity contribution in [3.05, 3.63) is 34.4 Å². The summed E-state index contributed by atoms with van der Waals surface area (Å²) in [6.45, 7) is 12.5. The molecular weight excluding hydrogens is 501 g/mol. The summed E-state index contributed by atoms with van der Waals surface area (Å²) in [5.41, 5.74) is 0.00581. The second-order valence-corrected chi connectivity index (χ2v) is 7.59. The molecule has 0 aromatic heterocycles. The normalized spacial score (nSPS) is 16.2. The molecule has 9 nitrogen and oxygen atoms in total. The molecule has 2 rings (SSSR count). The highest BCUT2D eigenvalue weighted by Crippen LogP contribution is 2.17. The van der Waals surface area contributed by atoms with Crippen LogP contribution in [0.4, 0.5) is 5.69 Å². The molecule has 10 heteroatoms. The lowest BCUT2D eigenvalue weighted by atomic mass is 10.2. The van der Waals surface area contributed by atoms with Crippen LogP contribution in [0.25, 0.3) is 0 Å². The highest BCUT2D eigenvalue weighted by molar-refractivity contribution is 14.0. The van der Waals surface area contributed by atoms with E-state index in [1.54, 1.807) is 0 Å². The first-order valence-corrected chi connectivity index (χ1v) is 10.2. The van der Waals surface area contributed by atoms with Crippen molar-refractivity contribution in [1.29, 1.82) is 0 Å². The van der Waals surface area contributed by atoms with Crippen LogP contribution in [0.2, 0.25) is 0 Å². The summed E-state index contributed by atoms with van der Waals surface area (Å²) in [5, 5.41) is 24.2. The van der Waals surface area contributed by atoms with Crippen LogP contribution in [0.1, 0.15) is 20.8 Å². The zero-order chi connectivity index (χ0) is 21.2. The number of hydrogen-bond acceptors (Lipinski definition) is 6. The summed E-state index contributed by atoms with van der Waals surface area (Å²) in [4.78, 5) is 19.5. The fraction of sp³-hybridized carbons (Fsp3) is 0.650. The van der Waals surface area contributed by atoms with Gasteiger partial charge in [-0.1, -0.05) is 13.8 Å². The van der Waals surface area contributed by atoms with Crippen molar-refractivity contribution in [2.24, 2.45) is 10.9 Å². The molecule has 0 amide bonds. The van der Waals surface area contributed by atoms with Gasteiger partial charge in [-0.25, -0.2) is 0 Å². The molecule has 0 bridgehead atoms. The maximum atomic E-state index is 10.7. The van der Waals surface area contributed by atoms with Crippen molar-refractivity contribution in [2.75, 3.05) is 52.4 Å². The van der Waals surface area contributed by atoms with E-state index < -0.39 is 11.0 Å². The summed E-state index contributed by atoms with van der Waals surface area (Å²) in [5.74, 6) is 1.95. The van der Waals surface area contributed by atoms with Crippen molar-refractivity contribution in [3.63, 3.8) is 0 Å². The molecule has 1 heterocycles. The summed E-state index contributed by atoms with van der Waals surface area (Å²) in [6.07, 6.45) is -0.763. The van der Waals surface area contributed by atoms with Crippen LogP contribution in [0, 0.1) is 16.0 Å².